The predicted octanol–water partition coefficient (Wildman–Crippen LogP) is 2.69. The van der Waals surface area contributed by atoms with Crippen molar-refractivity contribution in [3.8, 4) is 0 Å². The number of quaternary nitrogens is 1. The van der Waals surface area contributed by atoms with Gasteiger partial charge in [0.05, 0.1) is 26.2 Å². The molecule has 1 heteroatoms. The van der Waals surface area contributed by atoms with E-state index in [1.165, 1.54) is 30.7 Å². The van der Waals surface area contributed by atoms with Gasteiger partial charge in [0.2, 0.25) is 0 Å². The summed E-state index contributed by atoms with van der Waals surface area (Å²) >= 11 is 0. The lowest BCUT2D eigenvalue weighted by atomic mass is 10.1. The van der Waals surface area contributed by atoms with Gasteiger partial charge in [0.1, 0.15) is 0 Å². The molecule has 1 nitrogen and oxygen atoms in total. The zero-order valence-electron chi connectivity index (χ0n) is 9.14. The number of rotatable bonds is 6. The van der Waals surface area contributed by atoms with Gasteiger partial charge in [-0.15, -0.1) is 6.58 Å². The van der Waals surface area contributed by atoms with Crippen molar-refractivity contribution < 1.29 is 4.48 Å². The average molecular weight is 170 g/mol. The fourth-order valence-electron chi connectivity index (χ4n) is 1.74. The molecule has 0 saturated carbocycles. The van der Waals surface area contributed by atoms with Crippen LogP contribution in [-0.2, 0) is 0 Å². The zero-order chi connectivity index (χ0) is 9.61. The molecule has 1 unspecified atom stereocenters. The van der Waals surface area contributed by atoms with E-state index >= 15 is 0 Å². The Balaban J connectivity index is 4.18. The highest BCUT2D eigenvalue weighted by Crippen LogP contribution is 2.11. The monoisotopic (exact) mass is 170 g/mol. The second-order valence-corrected chi connectivity index (χ2v) is 3.69. The number of nitrogens with zero attached hydrogens (tertiary/aromatic N) is 1. The van der Waals surface area contributed by atoms with Crippen LogP contribution in [0.3, 0.4) is 0 Å². The molecule has 0 aromatic carbocycles. The third-order valence-electron chi connectivity index (χ3n) is 3.09. The van der Waals surface area contributed by atoms with Crippen molar-refractivity contribution in [1.29, 1.82) is 0 Å². The van der Waals surface area contributed by atoms with Gasteiger partial charge in [-0.2, -0.15) is 0 Å². The molecule has 0 heterocycles. The summed E-state index contributed by atoms with van der Waals surface area (Å²) in [5.41, 5.74) is 0. The molecule has 0 N–H and O–H groups in total. The molecule has 0 aromatic rings. The fourth-order valence-corrected chi connectivity index (χ4v) is 1.74. The minimum atomic E-state index is 0.643. The van der Waals surface area contributed by atoms with Crippen molar-refractivity contribution in [2.75, 3.05) is 26.2 Å². The average Bonchev–Trinajstić information content (AvgIpc) is 2.14. The Hall–Kier alpha value is -0.300. The molecule has 0 saturated heterocycles. The maximum absolute atomic E-state index is 3.84. The minimum Gasteiger partial charge on any atom is -0.324 e. The van der Waals surface area contributed by atoms with Gasteiger partial charge in [0.15, 0.2) is 0 Å². The highest BCUT2D eigenvalue weighted by molar-refractivity contribution is 4.74. The largest absolute Gasteiger partial charge is 0.324 e. The predicted molar refractivity (Wildman–Crippen MR) is 56.1 cm³/mol. The first-order chi connectivity index (χ1) is 5.64. The summed E-state index contributed by atoms with van der Waals surface area (Å²) < 4.78 is 1.23. The summed E-state index contributed by atoms with van der Waals surface area (Å²) in [6.45, 7) is 17.9. The van der Waals surface area contributed by atoms with Crippen molar-refractivity contribution in [3.63, 3.8) is 0 Å². The van der Waals surface area contributed by atoms with E-state index < -0.39 is 0 Å². The van der Waals surface area contributed by atoms with Crippen molar-refractivity contribution in [2.45, 2.75) is 27.7 Å². The summed E-state index contributed by atoms with van der Waals surface area (Å²) in [5.74, 6) is 0.643. The van der Waals surface area contributed by atoms with E-state index in [9.17, 15) is 0 Å². The Kier molecular flexibility index (Phi) is 5.23. The Bertz CT molecular complexity index is 117. The van der Waals surface area contributed by atoms with Gasteiger partial charge in [-0.25, -0.2) is 0 Å². The van der Waals surface area contributed by atoms with Gasteiger partial charge in [0.25, 0.3) is 0 Å². The van der Waals surface area contributed by atoms with Crippen LogP contribution < -0.4 is 0 Å². The normalized spacial score (nSPS) is 14.3. The minimum absolute atomic E-state index is 0.643. The highest BCUT2D eigenvalue weighted by atomic mass is 15.3. The first-order valence-electron chi connectivity index (χ1n) is 5.11. The summed E-state index contributed by atoms with van der Waals surface area (Å²) in [7, 11) is 0. The fraction of sp³-hybridized carbons (Fsp3) is 0.818. The maximum atomic E-state index is 3.84. The maximum Gasteiger partial charge on any atom is 0.0847 e. The van der Waals surface area contributed by atoms with E-state index in [1.807, 2.05) is 0 Å². The van der Waals surface area contributed by atoms with E-state index in [0.29, 0.717) is 5.92 Å². The van der Waals surface area contributed by atoms with Gasteiger partial charge in [-0.3, -0.25) is 0 Å². The second-order valence-electron chi connectivity index (χ2n) is 3.69. The van der Waals surface area contributed by atoms with Gasteiger partial charge in [-0.1, -0.05) is 13.0 Å². The molecule has 12 heavy (non-hydrogen) atoms. The molecule has 0 amide bonds. The molecular weight excluding hydrogens is 146 g/mol. The van der Waals surface area contributed by atoms with Crippen LogP contribution in [0, 0.1) is 5.92 Å². The molecule has 0 aromatic heterocycles. The molecule has 0 bridgehead atoms. The van der Waals surface area contributed by atoms with Gasteiger partial charge in [-0.05, 0) is 20.8 Å². The molecule has 0 aliphatic carbocycles. The summed E-state index contributed by atoms with van der Waals surface area (Å²) in [6.07, 6.45) is 2.06. The van der Waals surface area contributed by atoms with Crippen LogP contribution in [0.4, 0.5) is 0 Å². The van der Waals surface area contributed by atoms with Crippen LogP contribution in [0.15, 0.2) is 12.7 Å². The van der Waals surface area contributed by atoms with E-state index in [4.69, 9.17) is 0 Å². The first kappa shape index (κ1) is 11.7. The molecule has 0 radical (unpaired) electrons. The Labute approximate surface area is 77.7 Å². The second kappa shape index (κ2) is 5.36. The van der Waals surface area contributed by atoms with Crippen LogP contribution >= 0.6 is 0 Å². The lowest BCUT2D eigenvalue weighted by Crippen LogP contribution is -2.49. The first-order valence-corrected chi connectivity index (χ1v) is 5.11. The molecule has 1 atom stereocenters. The van der Waals surface area contributed by atoms with E-state index in [1.54, 1.807) is 0 Å². The summed E-state index contributed by atoms with van der Waals surface area (Å²) in [6, 6.07) is 0. The van der Waals surface area contributed by atoms with Crippen LogP contribution in [0.25, 0.3) is 0 Å². The number of hydrogen-bond donors (Lipinski definition) is 0. The molecule has 0 fully saturated rings. The van der Waals surface area contributed by atoms with Crippen LogP contribution in [0.5, 0.6) is 0 Å². The standard InChI is InChI=1S/C11H24N/c1-6-11(5)10-12(7-2,8-3)9-4/h6,11H,1,7-10H2,2-5H3/q+1. The summed E-state index contributed by atoms with van der Waals surface area (Å²) in [4.78, 5) is 0. The molecular formula is C11H24N+. The molecule has 0 aliphatic rings. The molecule has 0 spiro atoms. The third-order valence-corrected chi connectivity index (χ3v) is 3.09. The lowest BCUT2D eigenvalue weighted by molar-refractivity contribution is -0.925. The zero-order valence-corrected chi connectivity index (χ0v) is 9.14. The van der Waals surface area contributed by atoms with E-state index in [2.05, 4.69) is 40.3 Å². The van der Waals surface area contributed by atoms with Gasteiger partial charge in [0, 0.05) is 5.92 Å². The van der Waals surface area contributed by atoms with Gasteiger partial charge < -0.3 is 4.48 Å². The topological polar surface area (TPSA) is 0 Å². The van der Waals surface area contributed by atoms with Crippen molar-refractivity contribution in [1.82, 2.24) is 0 Å². The van der Waals surface area contributed by atoms with Crippen LogP contribution in [0.2, 0.25) is 0 Å². The van der Waals surface area contributed by atoms with Crippen LogP contribution in [-0.4, -0.2) is 30.7 Å². The smallest absolute Gasteiger partial charge is 0.0847 e. The van der Waals surface area contributed by atoms with Gasteiger partial charge >= 0.3 is 0 Å². The Morgan fingerprint density at radius 2 is 1.58 bits per heavy atom. The van der Waals surface area contributed by atoms with E-state index in [0.717, 1.165) is 0 Å². The Morgan fingerprint density at radius 1 is 1.17 bits per heavy atom. The van der Waals surface area contributed by atoms with Crippen molar-refractivity contribution in [3.05, 3.63) is 12.7 Å². The highest BCUT2D eigenvalue weighted by Gasteiger charge is 2.21. The van der Waals surface area contributed by atoms with Crippen molar-refractivity contribution in [2.24, 2.45) is 5.92 Å². The van der Waals surface area contributed by atoms with Crippen molar-refractivity contribution >= 4 is 0 Å². The molecule has 0 rings (SSSR count). The lowest BCUT2D eigenvalue weighted by Gasteiger charge is -2.37. The third kappa shape index (κ3) is 2.98. The Morgan fingerprint density at radius 3 is 1.83 bits per heavy atom. The SMILES string of the molecule is C=CC(C)C[N+](CC)(CC)CC. The van der Waals surface area contributed by atoms with Crippen LogP contribution in [0.1, 0.15) is 27.7 Å². The summed E-state index contributed by atoms with van der Waals surface area (Å²) in [5, 5.41) is 0. The number of hydrogen-bond acceptors (Lipinski definition) is 0. The molecule has 0 aliphatic heterocycles. The molecule has 72 valence electrons. The van der Waals surface area contributed by atoms with E-state index in [-0.39, 0.29) is 0 Å². The quantitative estimate of drug-likeness (QED) is 0.425.